The van der Waals surface area contributed by atoms with E-state index in [2.05, 4.69) is 37.3 Å². The van der Waals surface area contributed by atoms with E-state index in [1.54, 1.807) is 16.7 Å². The minimum absolute atomic E-state index is 0.839. The zero-order chi connectivity index (χ0) is 12.4. The summed E-state index contributed by atoms with van der Waals surface area (Å²) in [6.45, 7) is 2.41. The predicted molar refractivity (Wildman–Crippen MR) is 78.5 cm³/mol. The number of hydrogen-bond donors (Lipinski definition) is 0. The van der Waals surface area contributed by atoms with Crippen molar-refractivity contribution < 1.29 is 0 Å². The molecule has 0 aliphatic heterocycles. The van der Waals surface area contributed by atoms with Gasteiger partial charge in [-0.15, -0.1) is 0 Å². The van der Waals surface area contributed by atoms with Crippen LogP contribution in [0.5, 0.6) is 0 Å². The van der Waals surface area contributed by atoms with E-state index in [4.69, 9.17) is 0 Å². The van der Waals surface area contributed by atoms with Crippen LogP contribution in [-0.2, 0) is 6.42 Å². The molecule has 0 N–H and O–H groups in total. The fourth-order valence-electron chi connectivity index (χ4n) is 3.15. The molecule has 3 rings (SSSR count). The first-order valence-electron chi connectivity index (χ1n) is 7.62. The number of rotatable bonds is 1. The molecule has 0 radical (unpaired) electrons. The maximum atomic E-state index is 2.58. The van der Waals surface area contributed by atoms with Gasteiger partial charge in [0.15, 0.2) is 0 Å². The summed E-state index contributed by atoms with van der Waals surface area (Å²) in [6.07, 6.45) is 12.1. The van der Waals surface area contributed by atoms with Crippen molar-refractivity contribution in [3.05, 3.63) is 41.5 Å². The van der Waals surface area contributed by atoms with Gasteiger partial charge in [-0.25, -0.2) is 0 Å². The lowest BCUT2D eigenvalue weighted by Gasteiger charge is -2.14. The lowest BCUT2D eigenvalue weighted by Crippen LogP contribution is -2.01. The number of benzene rings is 1. The molecule has 1 unspecified atom stereocenters. The number of allylic oxidation sites excluding steroid dienone is 2. The Morgan fingerprint density at radius 1 is 1.06 bits per heavy atom. The molecule has 0 saturated heterocycles. The molecule has 0 heteroatoms. The first kappa shape index (κ1) is 12.0. The molecule has 1 saturated carbocycles. The van der Waals surface area contributed by atoms with E-state index in [1.165, 1.54) is 44.9 Å². The molecular weight excluding hydrogens is 216 g/mol. The molecule has 0 amide bonds. The number of hydrogen-bond acceptors (Lipinski definition) is 0. The Bertz CT molecular complexity index is 437. The van der Waals surface area contributed by atoms with Gasteiger partial charge in [0.05, 0.1) is 0 Å². The van der Waals surface area contributed by atoms with Gasteiger partial charge in [-0.05, 0) is 60.6 Å². The van der Waals surface area contributed by atoms with Crippen LogP contribution in [0.4, 0.5) is 0 Å². The van der Waals surface area contributed by atoms with Crippen LogP contribution < -0.4 is 0 Å². The molecule has 1 aromatic rings. The highest BCUT2D eigenvalue weighted by molar-refractivity contribution is 5.69. The third-order valence-corrected chi connectivity index (χ3v) is 4.38. The van der Waals surface area contributed by atoms with Gasteiger partial charge in [0.2, 0.25) is 0 Å². The predicted octanol–water partition coefficient (Wildman–Crippen LogP) is 5.23. The van der Waals surface area contributed by atoms with E-state index in [1.807, 2.05) is 0 Å². The van der Waals surface area contributed by atoms with Crippen molar-refractivity contribution in [3.8, 4) is 0 Å². The first-order chi connectivity index (χ1) is 8.83. The van der Waals surface area contributed by atoms with E-state index >= 15 is 0 Å². The van der Waals surface area contributed by atoms with Gasteiger partial charge in [0.25, 0.3) is 0 Å². The second-order valence-electron chi connectivity index (χ2n) is 6.24. The summed E-state index contributed by atoms with van der Waals surface area (Å²) in [5.41, 5.74) is 4.78. The van der Waals surface area contributed by atoms with Crippen LogP contribution in [0, 0.1) is 11.8 Å². The molecule has 1 fully saturated rings. The summed E-state index contributed by atoms with van der Waals surface area (Å²) < 4.78 is 0. The molecule has 2 aliphatic carbocycles. The average Bonchev–Trinajstić information content (AvgIpc) is 3.16. The zero-order valence-corrected chi connectivity index (χ0v) is 11.5. The van der Waals surface area contributed by atoms with Crippen molar-refractivity contribution >= 4 is 5.57 Å². The van der Waals surface area contributed by atoms with E-state index in [9.17, 15) is 0 Å². The van der Waals surface area contributed by atoms with Crippen molar-refractivity contribution in [2.75, 3.05) is 0 Å². The highest BCUT2D eigenvalue weighted by Crippen LogP contribution is 2.37. The lowest BCUT2D eigenvalue weighted by molar-refractivity contribution is 0.502. The van der Waals surface area contributed by atoms with Crippen LogP contribution >= 0.6 is 0 Å². The molecule has 0 spiro atoms. The van der Waals surface area contributed by atoms with Crippen LogP contribution in [0.15, 0.2) is 30.3 Å². The maximum absolute atomic E-state index is 2.58. The third-order valence-electron chi connectivity index (χ3n) is 4.38. The highest BCUT2D eigenvalue weighted by Gasteiger charge is 2.21. The first-order valence-corrected chi connectivity index (χ1v) is 7.62. The molecule has 1 atom stereocenters. The van der Waals surface area contributed by atoms with E-state index in [-0.39, 0.29) is 0 Å². The summed E-state index contributed by atoms with van der Waals surface area (Å²) in [5, 5.41) is 0. The third kappa shape index (κ3) is 2.85. The molecule has 0 nitrogen and oxygen atoms in total. The maximum Gasteiger partial charge on any atom is -0.0195 e. The molecule has 0 aromatic heterocycles. The van der Waals surface area contributed by atoms with Crippen molar-refractivity contribution in [2.45, 2.75) is 51.9 Å². The van der Waals surface area contributed by atoms with E-state index < -0.39 is 0 Å². The summed E-state index contributed by atoms with van der Waals surface area (Å²) in [4.78, 5) is 0. The van der Waals surface area contributed by atoms with Crippen LogP contribution in [0.2, 0.25) is 0 Å². The van der Waals surface area contributed by atoms with Crippen LogP contribution in [-0.4, -0.2) is 0 Å². The van der Waals surface area contributed by atoms with Gasteiger partial charge in [-0.2, -0.15) is 0 Å². The van der Waals surface area contributed by atoms with Gasteiger partial charge in [-0.1, -0.05) is 50.1 Å². The Kier molecular flexibility index (Phi) is 3.54. The van der Waals surface area contributed by atoms with Crippen LogP contribution in [0.25, 0.3) is 5.57 Å². The molecular formula is C18H24. The molecule has 1 aromatic carbocycles. The molecule has 2 aliphatic rings. The Balaban J connectivity index is 1.96. The number of fused-ring (bicyclic) bond motifs is 1. The van der Waals surface area contributed by atoms with Gasteiger partial charge in [0.1, 0.15) is 0 Å². The van der Waals surface area contributed by atoms with Gasteiger partial charge >= 0.3 is 0 Å². The summed E-state index contributed by atoms with van der Waals surface area (Å²) in [7, 11) is 0. The minimum atomic E-state index is 0.839. The highest BCUT2D eigenvalue weighted by atomic mass is 14.3. The quantitative estimate of drug-likeness (QED) is 0.630. The minimum Gasteiger partial charge on any atom is -0.0776 e. The van der Waals surface area contributed by atoms with Crippen molar-refractivity contribution in [2.24, 2.45) is 11.8 Å². The summed E-state index contributed by atoms with van der Waals surface area (Å²) in [5.74, 6) is 1.73. The average molecular weight is 240 g/mol. The molecule has 18 heavy (non-hydrogen) atoms. The Morgan fingerprint density at radius 3 is 2.72 bits per heavy atom. The van der Waals surface area contributed by atoms with Gasteiger partial charge in [0, 0.05) is 0 Å². The summed E-state index contributed by atoms with van der Waals surface area (Å²) in [6, 6.07) is 9.11. The zero-order valence-electron chi connectivity index (χ0n) is 11.5. The van der Waals surface area contributed by atoms with Crippen molar-refractivity contribution in [1.82, 2.24) is 0 Å². The molecule has 0 bridgehead atoms. The van der Waals surface area contributed by atoms with Gasteiger partial charge in [-0.3, -0.25) is 0 Å². The van der Waals surface area contributed by atoms with E-state index in [0.29, 0.717) is 0 Å². The van der Waals surface area contributed by atoms with Crippen LogP contribution in [0.3, 0.4) is 0 Å². The smallest absolute Gasteiger partial charge is 0.0195 e. The standard InChI is InChI=1S/C18H24/c1-14-6-2-3-8-17(13-15-10-11-15)18-9-5-4-7-16(18)12-14/h4-5,7,9,13-15H,2-3,6,8,10-12H2,1H3. The second-order valence-corrected chi connectivity index (χ2v) is 6.24. The second kappa shape index (κ2) is 5.30. The van der Waals surface area contributed by atoms with E-state index in [0.717, 1.165) is 11.8 Å². The van der Waals surface area contributed by atoms with Crippen molar-refractivity contribution in [3.63, 3.8) is 0 Å². The Labute approximate surface area is 111 Å². The monoisotopic (exact) mass is 240 g/mol. The Morgan fingerprint density at radius 2 is 1.89 bits per heavy atom. The lowest BCUT2D eigenvalue weighted by atomic mass is 9.91. The normalized spacial score (nSPS) is 27.2. The van der Waals surface area contributed by atoms with Crippen LogP contribution in [0.1, 0.15) is 56.6 Å². The fourth-order valence-corrected chi connectivity index (χ4v) is 3.15. The van der Waals surface area contributed by atoms with Crippen molar-refractivity contribution in [1.29, 1.82) is 0 Å². The fraction of sp³-hybridized carbons (Fsp3) is 0.556. The summed E-state index contributed by atoms with van der Waals surface area (Å²) >= 11 is 0. The molecule has 96 valence electrons. The topological polar surface area (TPSA) is 0 Å². The molecule has 0 heterocycles. The SMILES string of the molecule is CC1CCCCC(=CC2CC2)c2ccccc2C1. The Hall–Kier alpha value is -1.04. The largest absolute Gasteiger partial charge is 0.0776 e. The van der Waals surface area contributed by atoms with Gasteiger partial charge < -0.3 is 0 Å².